The van der Waals surface area contributed by atoms with E-state index in [1.165, 1.54) is 18.2 Å². The average Bonchev–Trinajstić information content (AvgIpc) is 2.85. The quantitative estimate of drug-likeness (QED) is 0.186. The second-order valence-corrected chi connectivity index (χ2v) is 8.35. The average molecular weight is 511 g/mol. The minimum Gasteiger partial charge on any atom is -0.504 e. The van der Waals surface area contributed by atoms with E-state index in [4.69, 9.17) is 5.11 Å². The molecule has 37 heavy (non-hydrogen) atoms. The van der Waals surface area contributed by atoms with E-state index in [1.807, 2.05) is 0 Å². The number of nitrogens with one attached hydrogen (secondary N) is 1. The van der Waals surface area contributed by atoms with Gasteiger partial charge >= 0.3 is 11.9 Å². The van der Waals surface area contributed by atoms with Crippen molar-refractivity contribution in [3.8, 4) is 23.0 Å². The third-order valence-electron chi connectivity index (χ3n) is 5.79. The highest BCUT2D eigenvalue weighted by molar-refractivity contribution is 5.85. The van der Waals surface area contributed by atoms with E-state index in [0.29, 0.717) is 5.56 Å². The van der Waals surface area contributed by atoms with Gasteiger partial charge in [0.05, 0.1) is 0 Å². The maximum absolute atomic E-state index is 13.1. The maximum atomic E-state index is 13.1. The van der Waals surface area contributed by atoms with Crippen LogP contribution in [0.25, 0.3) is 0 Å². The molecule has 8 N–H and O–H groups in total. The Morgan fingerprint density at radius 2 is 1.35 bits per heavy atom. The van der Waals surface area contributed by atoms with Crippen LogP contribution in [0, 0.1) is 0 Å². The molecule has 0 saturated carbocycles. The number of aliphatic hydroxyl groups excluding tert-OH is 1. The van der Waals surface area contributed by atoms with Crippen molar-refractivity contribution >= 4 is 17.8 Å². The van der Waals surface area contributed by atoms with E-state index in [1.54, 1.807) is 18.2 Å². The lowest BCUT2D eigenvalue weighted by molar-refractivity contribution is -0.146. The highest BCUT2D eigenvalue weighted by atomic mass is 16.4. The number of benzene rings is 3. The molecule has 3 atom stereocenters. The number of aliphatic hydroxyl groups is 1. The van der Waals surface area contributed by atoms with Crippen LogP contribution < -0.4 is 5.32 Å². The summed E-state index contributed by atoms with van der Waals surface area (Å²) in [5, 5.41) is 71.1. The lowest BCUT2D eigenvalue weighted by Crippen LogP contribution is -2.34. The van der Waals surface area contributed by atoms with Crippen molar-refractivity contribution in [2.24, 2.45) is 0 Å². The summed E-state index contributed by atoms with van der Waals surface area (Å²) in [7, 11) is 0. The zero-order valence-corrected chi connectivity index (χ0v) is 19.3. The van der Waals surface area contributed by atoms with Gasteiger partial charge in [-0.15, -0.1) is 0 Å². The van der Waals surface area contributed by atoms with Crippen molar-refractivity contribution in [2.75, 3.05) is 0 Å². The van der Waals surface area contributed by atoms with Gasteiger partial charge in [0.1, 0.15) is 0 Å². The van der Waals surface area contributed by atoms with E-state index in [9.17, 15) is 45.0 Å². The van der Waals surface area contributed by atoms with E-state index in [0.717, 1.165) is 24.3 Å². The number of amides is 1. The number of aliphatic carboxylic acids is 2. The predicted octanol–water partition coefficient (Wildman–Crippen LogP) is 1.96. The van der Waals surface area contributed by atoms with Gasteiger partial charge in [-0.1, -0.05) is 36.4 Å². The molecule has 0 unspecified atom stereocenters. The molecule has 0 bridgehead atoms. The molecular weight excluding hydrogens is 486 g/mol. The Bertz CT molecular complexity index is 1310. The van der Waals surface area contributed by atoms with Crippen molar-refractivity contribution in [3.05, 3.63) is 82.9 Å². The Labute approximate surface area is 210 Å². The zero-order valence-electron chi connectivity index (χ0n) is 19.3. The van der Waals surface area contributed by atoms with Gasteiger partial charge in [0, 0.05) is 18.8 Å². The first-order valence-corrected chi connectivity index (χ1v) is 11.0. The van der Waals surface area contributed by atoms with Crippen LogP contribution in [0.1, 0.15) is 40.6 Å². The van der Waals surface area contributed by atoms with Crippen LogP contribution in [0.2, 0.25) is 0 Å². The number of phenols is 4. The number of carbonyl (C=O) groups is 3. The molecule has 0 saturated heterocycles. The van der Waals surface area contributed by atoms with Crippen LogP contribution in [0.15, 0.2) is 60.7 Å². The molecule has 0 aromatic heterocycles. The number of hydrogen-bond donors (Lipinski definition) is 8. The van der Waals surface area contributed by atoms with Crippen LogP contribution >= 0.6 is 0 Å². The summed E-state index contributed by atoms with van der Waals surface area (Å²) >= 11 is 0. The zero-order chi connectivity index (χ0) is 27.3. The van der Waals surface area contributed by atoms with Gasteiger partial charge in [-0.25, -0.2) is 9.59 Å². The summed E-state index contributed by atoms with van der Waals surface area (Å²) in [4.78, 5) is 36.2. The number of aromatic hydroxyl groups is 4. The lowest BCUT2D eigenvalue weighted by atomic mass is 9.83. The van der Waals surface area contributed by atoms with Crippen molar-refractivity contribution in [2.45, 2.75) is 30.9 Å². The fraction of sp³-hybridized carbons (Fsp3) is 0.192. The van der Waals surface area contributed by atoms with Crippen LogP contribution in [-0.2, 0) is 20.8 Å². The van der Waals surface area contributed by atoms with E-state index in [-0.39, 0.29) is 16.7 Å². The Morgan fingerprint density at radius 3 is 1.95 bits per heavy atom. The molecule has 0 aliphatic heterocycles. The molecule has 11 heteroatoms. The normalized spacial score (nSPS) is 13.3. The molecule has 0 aliphatic carbocycles. The molecule has 3 aromatic carbocycles. The number of phenolic OH excluding ortho intramolecular Hbond substituents is 4. The SMILES string of the molecule is O=C(C[C@@H](c1ccc(O)c(O)c1)c1cc(O)c(O)cc1C[C@@H](O)C(=O)O)N[C@H](C(=O)O)c1ccccc1. The number of carboxylic acid groups (broad SMARTS) is 2. The molecule has 1 amide bonds. The van der Waals surface area contributed by atoms with Crippen LogP contribution in [0.3, 0.4) is 0 Å². The third-order valence-corrected chi connectivity index (χ3v) is 5.79. The monoisotopic (exact) mass is 511 g/mol. The van der Waals surface area contributed by atoms with E-state index < -0.39 is 71.7 Å². The first-order chi connectivity index (χ1) is 17.5. The molecule has 3 rings (SSSR count). The van der Waals surface area contributed by atoms with Crippen molar-refractivity contribution in [1.29, 1.82) is 0 Å². The number of hydrogen-bond acceptors (Lipinski definition) is 8. The summed E-state index contributed by atoms with van der Waals surface area (Å²) in [5.41, 5.74) is 0.763. The van der Waals surface area contributed by atoms with Gasteiger partial charge in [-0.2, -0.15) is 0 Å². The molecular formula is C26H25NO10. The van der Waals surface area contributed by atoms with E-state index >= 15 is 0 Å². The van der Waals surface area contributed by atoms with Gasteiger partial charge in [-0.05, 0) is 46.5 Å². The van der Waals surface area contributed by atoms with Crippen molar-refractivity contribution < 1.29 is 50.1 Å². The number of carboxylic acids is 2. The molecule has 11 nitrogen and oxygen atoms in total. The summed E-state index contributed by atoms with van der Waals surface area (Å²) in [5.74, 6) is -6.78. The second-order valence-electron chi connectivity index (χ2n) is 8.35. The lowest BCUT2D eigenvalue weighted by Gasteiger charge is -2.24. The minimum absolute atomic E-state index is 0.0772. The fourth-order valence-corrected chi connectivity index (χ4v) is 3.94. The summed E-state index contributed by atoms with van der Waals surface area (Å²) in [6, 6.07) is 12.4. The van der Waals surface area contributed by atoms with Crippen molar-refractivity contribution in [1.82, 2.24) is 5.32 Å². The Balaban J connectivity index is 2.06. The molecule has 0 heterocycles. The van der Waals surface area contributed by atoms with Crippen molar-refractivity contribution in [3.63, 3.8) is 0 Å². The minimum atomic E-state index is -1.88. The van der Waals surface area contributed by atoms with Gasteiger partial charge in [-0.3, -0.25) is 4.79 Å². The largest absolute Gasteiger partial charge is 0.504 e. The van der Waals surface area contributed by atoms with Crippen LogP contribution in [0.4, 0.5) is 0 Å². The summed E-state index contributed by atoms with van der Waals surface area (Å²) in [6.07, 6.45) is -2.82. The molecule has 0 aliphatic rings. The van der Waals surface area contributed by atoms with Gasteiger partial charge in [0.2, 0.25) is 5.91 Å². The van der Waals surface area contributed by atoms with Gasteiger partial charge < -0.3 is 41.1 Å². The maximum Gasteiger partial charge on any atom is 0.332 e. The predicted molar refractivity (Wildman–Crippen MR) is 128 cm³/mol. The Hall–Kier alpha value is -4.77. The first kappa shape index (κ1) is 26.8. The standard InChI is InChI=1S/C26H25NO10/c28-18-7-6-14(8-19(18)29)17(12-23(33)27-24(26(36)37)13-4-2-1-3-5-13)16-11-21(31)20(30)9-15(16)10-22(32)25(34)35/h1-9,11,17,22,24,28-32H,10,12H2,(H,27,33)(H,34,35)(H,36,37)/t17-,22+,24-/m0/s1. The topological polar surface area (TPSA) is 205 Å². The highest BCUT2D eigenvalue weighted by Crippen LogP contribution is 2.39. The molecule has 3 aromatic rings. The highest BCUT2D eigenvalue weighted by Gasteiger charge is 2.28. The molecule has 0 spiro atoms. The smallest absolute Gasteiger partial charge is 0.332 e. The van der Waals surface area contributed by atoms with Gasteiger partial charge in [0.15, 0.2) is 35.1 Å². The summed E-state index contributed by atoms with van der Waals surface area (Å²) < 4.78 is 0. The number of rotatable bonds is 10. The fourth-order valence-electron chi connectivity index (χ4n) is 3.94. The Morgan fingerprint density at radius 1 is 0.730 bits per heavy atom. The third kappa shape index (κ3) is 6.47. The second kappa shape index (κ2) is 11.3. The molecule has 0 radical (unpaired) electrons. The molecule has 194 valence electrons. The van der Waals surface area contributed by atoms with Crippen LogP contribution in [-0.4, -0.2) is 59.7 Å². The number of carbonyl (C=O) groups excluding carboxylic acids is 1. The Kier molecular flexibility index (Phi) is 8.20. The van der Waals surface area contributed by atoms with Gasteiger partial charge in [0.25, 0.3) is 0 Å². The molecule has 0 fully saturated rings. The van der Waals surface area contributed by atoms with E-state index in [2.05, 4.69) is 5.32 Å². The summed E-state index contributed by atoms with van der Waals surface area (Å²) in [6.45, 7) is 0. The first-order valence-electron chi connectivity index (χ1n) is 11.0. The van der Waals surface area contributed by atoms with Crippen LogP contribution in [0.5, 0.6) is 23.0 Å².